The Kier molecular flexibility index (Phi) is 9.65. The molecule has 0 atom stereocenters. The molecule has 1 fully saturated rings. The summed E-state index contributed by atoms with van der Waals surface area (Å²) in [5, 5.41) is 5.72. The van der Waals surface area contributed by atoms with Crippen LogP contribution in [0.15, 0.2) is 47.5 Å². The molecule has 1 saturated heterocycles. The van der Waals surface area contributed by atoms with Crippen LogP contribution in [0.25, 0.3) is 10.8 Å². The van der Waals surface area contributed by atoms with E-state index in [1.807, 2.05) is 0 Å². The van der Waals surface area contributed by atoms with Crippen LogP contribution in [0.2, 0.25) is 0 Å². The first-order valence-corrected chi connectivity index (χ1v) is 8.55. The average molecular weight is 383 g/mol. The van der Waals surface area contributed by atoms with Gasteiger partial charge in [0.2, 0.25) is 0 Å². The number of guanidine groups is 1. The first-order valence-electron chi connectivity index (χ1n) is 8.55. The Hall–Kier alpha value is -1.49. The minimum absolute atomic E-state index is 0. The summed E-state index contributed by atoms with van der Waals surface area (Å²) < 4.78 is 0. The third-order valence-electron chi connectivity index (χ3n) is 4.40. The van der Waals surface area contributed by atoms with Gasteiger partial charge in [0, 0.05) is 6.54 Å². The largest absolute Gasteiger partial charge is 0.370 e. The highest BCUT2D eigenvalue weighted by atomic mass is 35.5. The van der Waals surface area contributed by atoms with Crippen molar-refractivity contribution in [3.05, 3.63) is 48.0 Å². The van der Waals surface area contributed by atoms with E-state index in [1.54, 1.807) is 0 Å². The summed E-state index contributed by atoms with van der Waals surface area (Å²) in [6.45, 7) is 5.18. The van der Waals surface area contributed by atoms with E-state index in [-0.39, 0.29) is 24.8 Å². The Morgan fingerprint density at radius 3 is 2.52 bits per heavy atom. The molecule has 0 aliphatic carbocycles. The Labute approximate surface area is 162 Å². The minimum Gasteiger partial charge on any atom is -0.370 e. The van der Waals surface area contributed by atoms with E-state index in [1.165, 1.54) is 42.3 Å². The molecule has 6 heteroatoms. The van der Waals surface area contributed by atoms with Crippen LogP contribution < -0.4 is 11.1 Å². The molecule has 2 aromatic carbocycles. The molecule has 3 N–H and O–H groups in total. The maximum Gasteiger partial charge on any atom is 0.188 e. The van der Waals surface area contributed by atoms with Crippen LogP contribution in [-0.4, -0.2) is 37.0 Å². The van der Waals surface area contributed by atoms with E-state index in [9.17, 15) is 0 Å². The lowest BCUT2D eigenvalue weighted by Gasteiger charge is -2.14. The van der Waals surface area contributed by atoms with Crippen molar-refractivity contribution < 1.29 is 0 Å². The standard InChI is InChI=1S/C19H26N4.2ClH/c20-19(21-10-5-13-23-11-3-4-12-23)22-15-16-8-9-17-6-1-2-7-18(17)14-16;;/h1-2,6-9,14H,3-5,10-13,15H2,(H3,20,21,22);2*1H. The number of nitrogens with one attached hydrogen (secondary N) is 1. The number of rotatable bonds is 6. The van der Waals surface area contributed by atoms with E-state index in [0.717, 1.165) is 19.5 Å². The molecule has 3 rings (SSSR count). The second kappa shape index (κ2) is 11.2. The number of likely N-dealkylation sites (tertiary alicyclic amines) is 1. The van der Waals surface area contributed by atoms with Crippen LogP contribution >= 0.6 is 24.8 Å². The molecule has 1 heterocycles. The van der Waals surface area contributed by atoms with Crippen molar-refractivity contribution in [2.75, 3.05) is 26.2 Å². The van der Waals surface area contributed by atoms with Crippen molar-refractivity contribution in [3.8, 4) is 0 Å². The number of hydrogen-bond acceptors (Lipinski definition) is 2. The zero-order chi connectivity index (χ0) is 15.9. The van der Waals surface area contributed by atoms with Crippen LogP contribution in [0.3, 0.4) is 0 Å². The molecule has 25 heavy (non-hydrogen) atoms. The normalized spacial score (nSPS) is 14.8. The zero-order valence-corrected chi connectivity index (χ0v) is 16.1. The van der Waals surface area contributed by atoms with Crippen LogP contribution in [0.4, 0.5) is 0 Å². The van der Waals surface area contributed by atoms with E-state index in [2.05, 4.69) is 57.7 Å². The summed E-state index contributed by atoms with van der Waals surface area (Å²) in [4.78, 5) is 6.96. The van der Waals surface area contributed by atoms with Gasteiger partial charge in [0.25, 0.3) is 0 Å². The van der Waals surface area contributed by atoms with Crippen LogP contribution in [0.5, 0.6) is 0 Å². The van der Waals surface area contributed by atoms with Crippen molar-refractivity contribution in [2.45, 2.75) is 25.8 Å². The topological polar surface area (TPSA) is 53.6 Å². The minimum atomic E-state index is 0. The SMILES string of the molecule is Cl.Cl.NC(=NCc1ccc2ccccc2c1)NCCCN1CCCC1. The molecule has 1 aliphatic heterocycles. The molecule has 0 radical (unpaired) electrons. The predicted octanol–water partition coefficient (Wildman–Crippen LogP) is 3.57. The van der Waals surface area contributed by atoms with E-state index in [0.29, 0.717) is 12.5 Å². The fourth-order valence-electron chi connectivity index (χ4n) is 3.09. The van der Waals surface area contributed by atoms with Gasteiger partial charge in [0.05, 0.1) is 6.54 Å². The number of hydrogen-bond donors (Lipinski definition) is 2. The summed E-state index contributed by atoms with van der Waals surface area (Å²) in [7, 11) is 0. The molecular formula is C19H28Cl2N4. The molecule has 0 amide bonds. The van der Waals surface area contributed by atoms with Gasteiger partial charge in [-0.1, -0.05) is 36.4 Å². The lowest BCUT2D eigenvalue weighted by Crippen LogP contribution is -2.34. The van der Waals surface area contributed by atoms with Gasteiger partial charge in [-0.2, -0.15) is 0 Å². The Morgan fingerprint density at radius 2 is 1.76 bits per heavy atom. The molecule has 0 bridgehead atoms. The molecular weight excluding hydrogens is 355 g/mol. The number of nitrogens with two attached hydrogens (primary N) is 1. The third kappa shape index (κ3) is 6.73. The van der Waals surface area contributed by atoms with Gasteiger partial charge in [-0.3, -0.25) is 0 Å². The summed E-state index contributed by atoms with van der Waals surface area (Å²) >= 11 is 0. The Bertz CT molecular complexity index is 669. The van der Waals surface area contributed by atoms with Gasteiger partial charge >= 0.3 is 0 Å². The summed E-state index contributed by atoms with van der Waals surface area (Å²) in [5.74, 6) is 0.541. The van der Waals surface area contributed by atoms with Gasteiger partial charge < -0.3 is 16.0 Å². The van der Waals surface area contributed by atoms with Crippen LogP contribution in [-0.2, 0) is 6.54 Å². The second-order valence-electron chi connectivity index (χ2n) is 6.21. The zero-order valence-electron chi connectivity index (χ0n) is 14.5. The van der Waals surface area contributed by atoms with Crippen molar-refractivity contribution in [2.24, 2.45) is 10.7 Å². The maximum atomic E-state index is 5.95. The molecule has 0 aromatic heterocycles. The van der Waals surface area contributed by atoms with Crippen LogP contribution in [0, 0.1) is 0 Å². The average Bonchev–Trinajstić information content (AvgIpc) is 3.10. The summed E-state index contributed by atoms with van der Waals surface area (Å²) in [5.41, 5.74) is 7.14. The van der Waals surface area contributed by atoms with Gasteiger partial charge in [-0.25, -0.2) is 4.99 Å². The molecule has 0 spiro atoms. The van der Waals surface area contributed by atoms with Crippen molar-refractivity contribution >= 4 is 41.5 Å². The molecule has 4 nitrogen and oxygen atoms in total. The lowest BCUT2D eigenvalue weighted by atomic mass is 10.1. The fourth-order valence-corrected chi connectivity index (χ4v) is 3.09. The monoisotopic (exact) mass is 382 g/mol. The molecule has 2 aromatic rings. The highest BCUT2D eigenvalue weighted by Crippen LogP contribution is 2.16. The maximum absolute atomic E-state index is 5.95. The smallest absolute Gasteiger partial charge is 0.188 e. The number of fused-ring (bicyclic) bond motifs is 1. The van der Waals surface area contributed by atoms with Crippen molar-refractivity contribution in [3.63, 3.8) is 0 Å². The highest BCUT2D eigenvalue weighted by Gasteiger charge is 2.09. The number of aliphatic imine (C=N–C) groups is 1. The van der Waals surface area contributed by atoms with Crippen molar-refractivity contribution in [1.82, 2.24) is 10.2 Å². The first kappa shape index (κ1) is 21.6. The third-order valence-corrected chi connectivity index (χ3v) is 4.40. The molecule has 0 unspecified atom stereocenters. The Morgan fingerprint density at radius 1 is 1.04 bits per heavy atom. The molecule has 138 valence electrons. The number of halogens is 2. The molecule has 0 saturated carbocycles. The summed E-state index contributed by atoms with van der Waals surface area (Å²) in [6.07, 6.45) is 3.82. The lowest BCUT2D eigenvalue weighted by molar-refractivity contribution is 0.334. The van der Waals surface area contributed by atoms with Gasteiger partial charge in [-0.05, 0) is 61.3 Å². The number of benzene rings is 2. The van der Waals surface area contributed by atoms with Crippen LogP contribution in [0.1, 0.15) is 24.8 Å². The van der Waals surface area contributed by atoms with E-state index in [4.69, 9.17) is 5.73 Å². The predicted molar refractivity (Wildman–Crippen MR) is 112 cm³/mol. The quantitative estimate of drug-likeness (QED) is 0.456. The highest BCUT2D eigenvalue weighted by molar-refractivity contribution is 5.85. The first-order chi connectivity index (χ1) is 11.3. The van der Waals surface area contributed by atoms with Crippen molar-refractivity contribution in [1.29, 1.82) is 0 Å². The number of nitrogens with zero attached hydrogens (tertiary/aromatic N) is 2. The van der Waals surface area contributed by atoms with Gasteiger partial charge in [0.1, 0.15) is 0 Å². The molecule has 1 aliphatic rings. The summed E-state index contributed by atoms with van der Waals surface area (Å²) in [6, 6.07) is 14.8. The van der Waals surface area contributed by atoms with E-state index < -0.39 is 0 Å². The van der Waals surface area contributed by atoms with Gasteiger partial charge in [-0.15, -0.1) is 24.8 Å². The second-order valence-corrected chi connectivity index (χ2v) is 6.21. The Balaban J connectivity index is 0.00000156. The fraction of sp³-hybridized carbons (Fsp3) is 0.421. The van der Waals surface area contributed by atoms with E-state index >= 15 is 0 Å². The van der Waals surface area contributed by atoms with Gasteiger partial charge in [0.15, 0.2) is 5.96 Å².